The molecule has 0 saturated carbocycles. The molecule has 0 saturated heterocycles. The molecular formula is C14H18N2O. The van der Waals surface area contributed by atoms with Crippen LogP contribution in [0.4, 0.5) is 0 Å². The van der Waals surface area contributed by atoms with E-state index in [1.165, 1.54) is 16.3 Å². The van der Waals surface area contributed by atoms with E-state index in [1.54, 1.807) is 7.11 Å². The van der Waals surface area contributed by atoms with Crippen LogP contribution in [0.5, 0.6) is 5.75 Å². The summed E-state index contributed by atoms with van der Waals surface area (Å²) in [6.07, 6.45) is 0.904. The van der Waals surface area contributed by atoms with Crippen LogP contribution in [-0.4, -0.2) is 13.2 Å². The average Bonchev–Trinajstić information content (AvgIpc) is 2.38. The zero-order valence-corrected chi connectivity index (χ0v) is 10.2. The van der Waals surface area contributed by atoms with Gasteiger partial charge in [0.1, 0.15) is 5.75 Å². The maximum Gasteiger partial charge on any atom is 0.119 e. The normalized spacial score (nSPS) is 12.6. The molecule has 2 rings (SSSR count). The first-order valence-electron chi connectivity index (χ1n) is 5.76. The highest BCUT2D eigenvalue weighted by Gasteiger charge is 2.06. The summed E-state index contributed by atoms with van der Waals surface area (Å²) in [5, 5.41) is 2.46. The van der Waals surface area contributed by atoms with Crippen molar-refractivity contribution in [2.45, 2.75) is 19.4 Å². The summed E-state index contributed by atoms with van der Waals surface area (Å²) in [7, 11) is 1.69. The van der Waals surface area contributed by atoms with Crippen molar-refractivity contribution in [1.82, 2.24) is 5.43 Å². The molecular weight excluding hydrogens is 212 g/mol. The van der Waals surface area contributed by atoms with Gasteiger partial charge in [0.25, 0.3) is 0 Å². The Labute approximate surface area is 102 Å². The van der Waals surface area contributed by atoms with Crippen molar-refractivity contribution in [3.8, 4) is 5.75 Å². The zero-order chi connectivity index (χ0) is 12.3. The predicted octanol–water partition coefficient (Wildman–Crippen LogP) is 2.24. The number of methoxy groups -OCH3 is 1. The van der Waals surface area contributed by atoms with Crippen LogP contribution in [0.15, 0.2) is 36.4 Å². The van der Waals surface area contributed by atoms with Crippen LogP contribution >= 0.6 is 0 Å². The molecule has 0 aliphatic rings. The number of hydrogen-bond donors (Lipinski definition) is 2. The largest absolute Gasteiger partial charge is 0.497 e. The van der Waals surface area contributed by atoms with Gasteiger partial charge in [-0.2, -0.15) is 0 Å². The van der Waals surface area contributed by atoms with Crippen molar-refractivity contribution in [1.29, 1.82) is 0 Å². The van der Waals surface area contributed by atoms with Gasteiger partial charge in [-0.05, 0) is 41.8 Å². The Kier molecular flexibility index (Phi) is 3.61. The van der Waals surface area contributed by atoms with E-state index in [4.69, 9.17) is 10.6 Å². The smallest absolute Gasteiger partial charge is 0.119 e. The van der Waals surface area contributed by atoms with E-state index in [1.807, 2.05) is 6.07 Å². The quantitative estimate of drug-likeness (QED) is 0.625. The molecule has 0 bridgehead atoms. The Balaban J connectivity index is 2.46. The summed E-state index contributed by atoms with van der Waals surface area (Å²) in [4.78, 5) is 0. The minimum atomic E-state index is 0.256. The molecule has 0 fully saturated rings. The molecule has 0 aliphatic carbocycles. The van der Waals surface area contributed by atoms with Crippen LogP contribution in [-0.2, 0) is 6.42 Å². The van der Waals surface area contributed by atoms with Gasteiger partial charge in [-0.15, -0.1) is 0 Å². The molecule has 17 heavy (non-hydrogen) atoms. The van der Waals surface area contributed by atoms with Gasteiger partial charge in [0.05, 0.1) is 7.11 Å². The molecule has 0 radical (unpaired) electrons. The van der Waals surface area contributed by atoms with E-state index in [0.717, 1.165) is 12.2 Å². The Morgan fingerprint density at radius 3 is 2.82 bits per heavy atom. The number of benzene rings is 2. The van der Waals surface area contributed by atoms with Gasteiger partial charge in [0.2, 0.25) is 0 Å². The monoisotopic (exact) mass is 230 g/mol. The molecule has 0 aromatic heterocycles. The second-order valence-electron chi connectivity index (χ2n) is 4.28. The number of hydrazine groups is 1. The third kappa shape index (κ3) is 2.57. The lowest BCUT2D eigenvalue weighted by Gasteiger charge is -2.12. The summed E-state index contributed by atoms with van der Waals surface area (Å²) >= 11 is 0. The molecule has 2 aromatic carbocycles. The van der Waals surface area contributed by atoms with Gasteiger partial charge in [0.15, 0.2) is 0 Å². The molecule has 1 atom stereocenters. The van der Waals surface area contributed by atoms with Crippen molar-refractivity contribution in [2.24, 2.45) is 5.84 Å². The molecule has 0 aliphatic heterocycles. The minimum absolute atomic E-state index is 0.256. The van der Waals surface area contributed by atoms with E-state index in [0.29, 0.717) is 0 Å². The molecule has 3 nitrogen and oxygen atoms in total. The van der Waals surface area contributed by atoms with Gasteiger partial charge >= 0.3 is 0 Å². The molecule has 2 aromatic rings. The van der Waals surface area contributed by atoms with Gasteiger partial charge in [-0.1, -0.05) is 24.3 Å². The molecule has 3 N–H and O–H groups in total. The first kappa shape index (κ1) is 11.9. The lowest BCUT2D eigenvalue weighted by Crippen LogP contribution is -2.34. The maximum absolute atomic E-state index is 5.45. The summed E-state index contributed by atoms with van der Waals surface area (Å²) < 4.78 is 5.27. The first-order chi connectivity index (χ1) is 8.24. The van der Waals surface area contributed by atoms with Crippen LogP contribution in [0.1, 0.15) is 12.5 Å². The molecule has 0 amide bonds. The third-order valence-corrected chi connectivity index (χ3v) is 2.99. The number of rotatable bonds is 4. The van der Waals surface area contributed by atoms with Gasteiger partial charge < -0.3 is 4.74 Å². The molecule has 1 unspecified atom stereocenters. The van der Waals surface area contributed by atoms with Crippen LogP contribution in [0, 0.1) is 0 Å². The zero-order valence-electron chi connectivity index (χ0n) is 10.2. The van der Waals surface area contributed by atoms with Crippen molar-refractivity contribution in [2.75, 3.05) is 7.11 Å². The standard InChI is InChI=1S/C14H18N2O/c1-10(16-15)8-12-5-3-4-11-6-7-13(17-2)9-14(11)12/h3-7,9-10,16H,8,15H2,1-2H3. The Morgan fingerprint density at radius 1 is 1.29 bits per heavy atom. The van der Waals surface area contributed by atoms with Crippen LogP contribution in [0.2, 0.25) is 0 Å². The van der Waals surface area contributed by atoms with Gasteiger partial charge in [-0.25, -0.2) is 0 Å². The number of nitrogens with one attached hydrogen (secondary N) is 1. The van der Waals surface area contributed by atoms with Crippen LogP contribution in [0.3, 0.4) is 0 Å². The first-order valence-corrected chi connectivity index (χ1v) is 5.76. The number of fused-ring (bicyclic) bond motifs is 1. The van der Waals surface area contributed by atoms with Crippen molar-refractivity contribution in [3.05, 3.63) is 42.0 Å². The van der Waals surface area contributed by atoms with Gasteiger partial charge in [0, 0.05) is 6.04 Å². The van der Waals surface area contributed by atoms with E-state index >= 15 is 0 Å². The highest BCUT2D eigenvalue weighted by molar-refractivity contribution is 5.87. The highest BCUT2D eigenvalue weighted by Crippen LogP contribution is 2.24. The fraction of sp³-hybridized carbons (Fsp3) is 0.286. The fourth-order valence-electron chi connectivity index (χ4n) is 2.01. The third-order valence-electron chi connectivity index (χ3n) is 2.99. The summed E-state index contributed by atoms with van der Waals surface area (Å²) in [5.74, 6) is 6.33. The lowest BCUT2D eigenvalue weighted by atomic mass is 9.99. The molecule has 0 spiro atoms. The molecule has 90 valence electrons. The summed E-state index contributed by atoms with van der Waals surface area (Å²) in [5.41, 5.74) is 4.06. The van der Waals surface area contributed by atoms with Crippen molar-refractivity contribution >= 4 is 10.8 Å². The highest BCUT2D eigenvalue weighted by atomic mass is 16.5. The Hall–Kier alpha value is -1.58. The molecule has 3 heteroatoms. The van der Waals surface area contributed by atoms with Crippen molar-refractivity contribution in [3.63, 3.8) is 0 Å². The van der Waals surface area contributed by atoms with E-state index in [-0.39, 0.29) is 6.04 Å². The number of hydrogen-bond acceptors (Lipinski definition) is 3. The van der Waals surface area contributed by atoms with Crippen LogP contribution in [0.25, 0.3) is 10.8 Å². The number of ether oxygens (including phenoxy) is 1. The molecule has 0 heterocycles. The van der Waals surface area contributed by atoms with E-state index in [9.17, 15) is 0 Å². The lowest BCUT2D eigenvalue weighted by molar-refractivity contribution is 0.415. The Morgan fingerprint density at radius 2 is 2.12 bits per heavy atom. The fourth-order valence-corrected chi connectivity index (χ4v) is 2.01. The predicted molar refractivity (Wildman–Crippen MR) is 71.0 cm³/mol. The topological polar surface area (TPSA) is 47.3 Å². The van der Waals surface area contributed by atoms with Crippen LogP contribution < -0.4 is 16.0 Å². The second kappa shape index (κ2) is 5.17. The second-order valence-corrected chi connectivity index (χ2v) is 4.28. The average molecular weight is 230 g/mol. The van der Waals surface area contributed by atoms with E-state index < -0.39 is 0 Å². The summed E-state index contributed by atoms with van der Waals surface area (Å²) in [6, 6.07) is 12.7. The van der Waals surface area contributed by atoms with E-state index in [2.05, 4.69) is 42.7 Å². The minimum Gasteiger partial charge on any atom is -0.497 e. The maximum atomic E-state index is 5.45. The van der Waals surface area contributed by atoms with Crippen molar-refractivity contribution < 1.29 is 4.74 Å². The SMILES string of the molecule is COc1ccc2cccc(CC(C)NN)c2c1. The Bertz CT molecular complexity index is 511. The summed E-state index contributed by atoms with van der Waals surface area (Å²) in [6.45, 7) is 2.07. The van der Waals surface area contributed by atoms with Gasteiger partial charge in [-0.3, -0.25) is 11.3 Å². The number of nitrogens with two attached hydrogens (primary N) is 1.